The Morgan fingerprint density at radius 2 is 2.31 bits per heavy atom. The fourth-order valence-corrected chi connectivity index (χ4v) is 1.00. The molecule has 0 saturated heterocycles. The number of nitrogens with one attached hydrogen (secondary N) is 1. The number of carbonyl (C=O) groups excluding carboxylic acids is 1. The van der Waals surface area contributed by atoms with Crippen molar-refractivity contribution in [2.45, 2.75) is 6.92 Å². The number of aromatic nitrogens is 2. The lowest BCUT2D eigenvalue weighted by Gasteiger charge is -2.09. The molecule has 0 spiro atoms. The normalized spacial score (nSPS) is 9.62. The van der Waals surface area contributed by atoms with E-state index in [-0.39, 0.29) is 12.2 Å². The largest absolute Gasteiger partial charge is 0.476 e. The van der Waals surface area contributed by atoms with Gasteiger partial charge in [-0.25, -0.2) is 4.98 Å². The Morgan fingerprint density at radius 3 is 2.94 bits per heavy atom. The molecule has 0 atom stereocenters. The van der Waals surface area contributed by atoms with Crippen LogP contribution in [0.15, 0.2) is 6.33 Å². The fraction of sp³-hybridized carbons (Fsp3) is 0.444. The van der Waals surface area contributed by atoms with Gasteiger partial charge in [0.25, 0.3) is 0 Å². The number of nitrogens with zero attached hydrogens (tertiary/aromatic N) is 2. The molecule has 0 aliphatic carbocycles. The van der Waals surface area contributed by atoms with Gasteiger partial charge in [0, 0.05) is 0 Å². The minimum Gasteiger partial charge on any atom is -0.476 e. The van der Waals surface area contributed by atoms with Gasteiger partial charge in [0.05, 0.1) is 13.7 Å². The molecule has 0 bridgehead atoms. The van der Waals surface area contributed by atoms with Crippen molar-refractivity contribution in [1.29, 1.82) is 0 Å². The minimum absolute atomic E-state index is 0.0106. The third kappa shape index (κ3) is 2.97. The summed E-state index contributed by atoms with van der Waals surface area (Å²) in [5.41, 5.74) is 6.00. The monoisotopic (exact) mass is 226 g/mol. The van der Waals surface area contributed by atoms with Crippen LogP contribution in [-0.2, 0) is 9.53 Å². The third-order valence-electron chi connectivity index (χ3n) is 1.76. The summed E-state index contributed by atoms with van der Waals surface area (Å²) >= 11 is 0. The molecule has 0 fully saturated rings. The molecule has 1 aromatic rings. The molecular weight excluding hydrogens is 212 g/mol. The van der Waals surface area contributed by atoms with Crippen LogP contribution < -0.4 is 15.8 Å². The second-order valence-corrected chi connectivity index (χ2v) is 2.80. The molecular formula is C9H14N4O3. The van der Waals surface area contributed by atoms with Gasteiger partial charge in [-0.2, -0.15) is 4.98 Å². The number of hydrogen-bond donors (Lipinski definition) is 2. The van der Waals surface area contributed by atoms with Crippen molar-refractivity contribution in [3.05, 3.63) is 6.33 Å². The van der Waals surface area contributed by atoms with E-state index in [4.69, 9.17) is 10.5 Å². The molecule has 0 saturated carbocycles. The standard InChI is InChI=1S/C9H14N4O3/c1-3-16-9-7(10)8(12-5-13-9)11-4-6(14)15-2/h5H,3-4,10H2,1-2H3,(H,11,12,13). The lowest BCUT2D eigenvalue weighted by atomic mass is 10.4. The lowest BCUT2D eigenvalue weighted by Crippen LogP contribution is -2.17. The first-order chi connectivity index (χ1) is 7.69. The maximum Gasteiger partial charge on any atom is 0.325 e. The molecule has 0 aliphatic heterocycles. The number of methoxy groups -OCH3 is 1. The number of anilines is 2. The summed E-state index contributed by atoms with van der Waals surface area (Å²) in [5.74, 6) is 0.240. The minimum atomic E-state index is -0.407. The van der Waals surface area contributed by atoms with E-state index in [1.165, 1.54) is 13.4 Å². The van der Waals surface area contributed by atoms with Gasteiger partial charge in [-0.3, -0.25) is 4.79 Å². The summed E-state index contributed by atoms with van der Waals surface area (Å²) in [7, 11) is 1.30. The van der Waals surface area contributed by atoms with Crippen LogP contribution in [0.2, 0.25) is 0 Å². The summed E-state index contributed by atoms with van der Waals surface area (Å²) in [6.45, 7) is 2.27. The van der Waals surface area contributed by atoms with Crippen molar-refractivity contribution >= 4 is 17.5 Å². The molecule has 1 heterocycles. The number of nitrogens with two attached hydrogens (primary N) is 1. The van der Waals surface area contributed by atoms with E-state index < -0.39 is 5.97 Å². The number of hydrogen-bond acceptors (Lipinski definition) is 7. The van der Waals surface area contributed by atoms with Gasteiger partial charge in [-0.05, 0) is 6.92 Å². The Hall–Kier alpha value is -2.05. The van der Waals surface area contributed by atoms with Crippen LogP contribution in [0.5, 0.6) is 5.88 Å². The maximum absolute atomic E-state index is 10.9. The number of rotatable bonds is 5. The van der Waals surface area contributed by atoms with Crippen LogP contribution in [0.4, 0.5) is 11.5 Å². The SMILES string of the molecule is CCOc1ncnc(NCC(=O)OC)c1N. The maximum atomic E-state index is 10.9. The molecule has 88 valence electrons. The molecule has 1 rings (SSSR count). The summed E-state index contributed by atoms with van der Waals surface area (Å²) < 4.78 is 9.65. The van der Waals surface area contributed by atoms with Crippen molar-refractivity contribution in [2.75, 3.05) is 31.3 Å². The van der Waals surface area contributed by atoms with Gasteiger partial charge in [0.15, 0.2) is 5.82 Å². The Labute approximate surface area is 93.0 Å². The average molecular weight is 226 g/mol. The Bertz CT molecular complexity index is 370. The van der Waals surface area contributed by atoms with Crippen LogP contribution in [0.25, 0.3) is 0 Å². The highest BCUT2D eigenvalue weighted by Gasteiger charge is 2.09. The predicted octanol–water partition coefficient (Wildman–Crippen LogP) is 0.0424. The first-order valence-electron chi connectivity index (χ1n) is 4.73. The second kappa shape index (κ2) is 5.74. The van der Waals surface area contributed by atoms with Crippen molar-refractivity contribution in [1.82, 2.24) is 9.97 Å². The van der Waals surface area contributed by atoms with Crippen LogP contribution in [-0.4, -0.2) is 36.2 Å². The van der Waals surface area contributed by atoms with E-state index in [0.717, 1.165) is 0 Å². The van der Waals surface area contributed by atoms with E-state index in [1.54, 1.807) is 0 Å². The van der Waals surface area contributed by atoms with Crippen molar-refractivity contribution in [3.8, 4) is 5.88 Å². The van der Waals surface area contributed by atoms with Gasteiger partial charge < -0.3 is 20.5 Å². The van der Waals surface area contributed by atoms with Crippen molar-refractivity contribution in [3.63, 3.8) is 0 Å². The summed E-state index contributed by atoms with van der Waals surface area (Å²) in [5, 5.41) is 2.73. The number of esters is 1. The topological polar surface area (TPSA) is 99.4 Å². The summed E-state index contributed by atoms with van der Waals surface area (Å²) in [6, 6.07) is 0. The molecule has 0 aliphatic rings. The molecule has 0 radical (unpaired) electrons. The van der Waals surface area contributed by atoms with Crippen molar-refractivity contribution < 1.29 is 14.3 Å². The smallest absolute Gasteiger partial charge is 0.325 e. The van der Waals surface area contributed by atoms with Crippen LogP contribution in [0, 0.1) is 0 Å². The molecule has 1 aromatic heterocycles. The third-order valence-corrected chi connectivity index (χ3v) is 1.76. The lowest BCUT2D eigenvalue weighted by molar-refractivity contribution is -0.138. The van der Waals surface area contributed by atoms with Crippen molar-refractivity contribution in [2.24, 2.45) is 0 Å². The van der Waals surface area contributed by atoms with Crippen LogP contribution in [0.3, 0.4) is 0 Å². The van der Waals surface area contributed by atoms with E-state index in [2.05, 4.69) is 20.0 Å². The fourth-order valence-electron chi connectivity index (χ4n) is 1.00. The molecule has 3 N–H and O–H groups in total. The predicted molar refractivity (Wildman–Crippen MR) is 58.1 cm³/mol. The summed E-state index contributed by atoms with van der Waals surface area (Å²) in [6.07, 6.45) is 1.31. The molecule has 16 heavy (non-hydrogen) atoms. The van der Waals surface area contributed by atoms with Crippen LogP contribution >= 0.6 is 0 Å². The molecule has 7 nitrogen and oxygen atoms in total. The number of carbonyl (C=O) groups is 1. The van der Waals surface area contributed by atoms with E-state index >= 15 is 0 Å². The van der Waals surface area contributed by atoms with E-state index in [9.17, 15) is 4.79 Å². The Kier molecular flexibility index (Phi) is 4.31. The molecule has 0 amide bonds. The van der Waals surface area contributed by atoms with Gasteiger partial charge in [-0.1, -0.05) is 0 Å². The second-order valence-electron chi connectivity index (χ2n) is 2.80. The molecule has 0 aromatic carbocycles. The van der Waals surface area contributed by atoms with Gasteiger partial charge in [-0.15, -0.1) is 0 Å². The highest BCUT2D eigenvalue weighted by molar-refractivity contribution is 5.77. The zero-order valence-corrected chi connectivity index (χ0v) is 9.19. The van der Waals surface area contributed by atoms with Crippen LogP contribution in [0.1, 0.15) is 6.92 Å². The zero-order chi connectivity index (χ0) is 12.0. The highest BCUT2D eigenvalue weighted by atomic mass is 16.5. The molecule has 0 unspecified atom stereocenters. The average Bonchev–Trinajstić information content (AvgIpc) is 2.30. The van der Waals surface area contributed by atoms with Gasteiger partial charge in [0.1, 0.15) is 18.6 Å². The first-order valence-corrected chi connectivity index (χ1v) is 4.73. The molecule has 7 heteroatoms. The van der Waals surface area contributed by atoms with E-state index in [1.807, 2.05) is 6.92 Å². The summed E-state index contributed by atoms with van der Waals surface area (Å²) in [4.78, 5) is 18.7. The van der Waals surface area contributed by atoms with E-state index in [0.29, 0.717) is 18.3 Å². The zero-order valence-electron chi connectivity index (χ0n) is 9.19. The van der Waals surface area contributed by atoms with Gasteiger partial charge >= 0.3 is 5.97 Å². The number of nitrogen functional groups attached to an aromatic ring is 1. The first kappa shape index (κ1) is 12.0. The van der Waals surface area contributed by atoms with Gasteiger partial charge in [0.2, 0.25) is 5.88 Å². The highest BCUT2D eigenvalue weighted by Crippen LogP contribution is 2.23. The Morgan fingerprint density at radius 1 is 1.56 bits per heavy atom. The Balaban J connectivity index is 2.72. The quantitative estimate of drug-likeness (QED) is 0.684. The number of ether oxygens (including phenoxy) is 2.